The standard InChI is InChI=1S/C26H36N2O4/c1-17-8-9-20-18(23(29)31-26(20)19(17)10-11-25(2)24(26)32-25)16-27-12-14-28(15-13-27)21-6-4-5-7-22(21)30-3/h4-7,17-20,24H,8-16H2,1-3H3/t17-,18-,19+,20+,24-,25+,26-/m0/s1. The molecule has 3 heterocycles. The predicted molar refractivity (Wildman–Crippen MR) is 122 cm³/mol. The molecule has 0 unspecified atom stereocenters. The average Bonchev–Trinajstić information content (AvgIpc) is 3.44. The molecule has 5 aliphatic rings. The summed E-state index contributed by atoms with van der Waals surface area (Å²) in [6.07, 6.45) is 4.63. The second-order valence-corrected chi connectivity index (χ2v) is 11.0. The van der Waals surface area contributed by atoms with Gasteiger partial charge in [-0.1, -0.05) is 19.1 Å². The predicted octanol–water partition coefficient (Wildman–Crippen LogP) is 3.34. The van der Waals surface area contributed by atoms with Crippen molar-refractivity contribution in [3.05, 3.63) is 24.3 Å². The van der Waals surface area contributed by atoms with E-state index in [-0.39, 0.29) is 29.2 Å². The van der Waals surface area contributed by atoms with Crippen molar-refractivity contribution in [3.8, 4) is 5.75 Å². The Labute approximate surface area is 191 Å². The van der Waals surface area contributed by atoms with Gasteiger partial charge in [0.2, 0.25) is 0 Å². The Hall–Kier alpha value is -1.79. The number of nitrogens with zero attached hydrogens (tertiary/aromatic N) is 2. The SMILES string of the molecule is COc1ccccc1N1CCN(C[C@@H]2C(=O)O[C@]34[C@@H]2CC[C@H](C)[C@H]3CC[C@@]2(C)O[C@H]42)CC1. The number of fused-ring (bicyclic) bond motifs is 1. The summed E-state index contributed by atoms with van der Waals surface area (Å²) in [7, 11) is 1.73. The number of carbonyl (C=O) groups is 1. The molecular weight excluding hydrogens is 404 g/mol. The lowest BCUT2D eigenvalue weighted by Gasteiger charge is -2.50. The molecule has 32 heavy (non-hydrogen) atoms. The Morgan fingerprint density at radius 1 is 1.09 bits per heavy atom. The molecule has 3 saturated heterocycles. The highest BCUT2D eigenvalue weighted by Crippen LogP contribution is 2.66. The smallest absolute Gasteiger partial charge is 0.311 e. The van der Waals surface area contributed by atoms with E-state index in [2.05, 4.69) is 35.8 Å². The summed E-state index contributed by atoms with van der Waals surface area (Å²) < 4.78 is 18.2. The van der Waals surface area contributed by atoms with Crippen molar-refractivity contribution in [2.24, 2.45) is 23.7 Å². The zero-order chi connectivity index (χ0) is 22.1. The minimum absolute atomic E-state index is 0.0191. The van der Waals surface area contributed by atoms with Crippen LogP contribution in [0.25, 0.3) is 0 Å². The summed E-state index contributed by atoms with van der Waals surface area (Å²) in [5, 5.41) is 0. The van der Waals surface area contributed by atoms with E-state index < -0.39 is 0 Å². The van der Waals surface area contributed by atoms with E-state index in [0.717, 1.165) is 63.4 Å². The highest BCUT2D eigenvalue weighted by molar-refractivity contribution is 5.77. The third kappa shape index (κ3) is 2.95. The molecule has 6 nitrogen and oxygen atoms in total. The molecule has 2 saturated carbocycles. The average molecular weight is 441 g/mol. The molecule has 1 aromatic carbocycles. The molecule has 7 atom stereocenters. The number of ether oxygens (including phenoxy) is 3. The second-order valence-electron chi connectivity index (χ2n) is 11.0. The Kier molecular flexibility index (Phi) is 4.78. The molecule has 5 fully saturated rings. The van der Waals surface area contributed by atoms with Crippen molar-refractivity contribution >= 4 is 11.7 Å². The zero-order valence-corrected chi connectivity index (χ0v) is 19.6. The number of esters is 1. The minimum Gasteiger partial charge on any atom is -0.495 e. The van der Waals surface area contributed by atoms with Crippen LogP contribution in [0.5, 0.6) is 5.75 Å². The molecule has 174 valence electrons. The fourth-order valence-corrected chi connectivity index (χ4v) is 7.60. The lowest BCUT2D eigenvalue weighted by molar-refractivity contribution is -0.168. The van der Waals surface area contributed by atoms with Crippen LogP contribution >= 0.6 is 0 Å². The van der Waals surface area contributed by atoms with Gasteiger partial charge < -0.3 is 19.1 Å². The fourth-order valence-electron chi connectivity index (χ4n) is 7.60. The molecule has 0 amide bonds. The quantitative estimate of drug-likeness (QED) is 0.529. The number of rotatable bonds is 4. The van der Waals surface area contributed by atoms with Crippen molar-refractivity contribution in [1.82, 2.24) is 4.90 Å². The van der Waals surface area contributed by atoms with Gasteiger partial charge in [-0.15, -0.1) is 0 Å². The highest BCUT2D eigenvalue weighted by atomic mass is 16.7. The topological polar surface area (TPSA) is 54.5 Å². The van der Waals surface area contributed by atoms with Gasteiger partial charge in [-0.3, -0.25) is 9.69 Å². The van der Waals surface area contributed by atoms with Crippen molar-refractivity contribution < 1.29 is 19.0 Å². The van der Waals surface area contributed by atoms with E-state index in [1.165, 1.54) is 6.42 Å². The Bertz CT molecular complexity index is 900. The van der Waals surface area contributed by atoms with Gasteiger partial charge in [-0.25, -0.2) is 0 Å². The molecule has 1 aromatic rings. The van der Waals surface area contributed by atoms with Crippen LogP contribution in [0.2, 0.25) is 0 Å². The number of para-hydroxylation sites is 2. The third-order valence-corrected chi connectivity index (χ3v) is 9.34. The van der Waals surface area contributed by atoms with Crippen LogP contribution in [0.3, 0.4) is 0 Å². The van der Waals surface area contributed by atoms with Gasteiger partial charge in [-0.2, -0.15) is 0 Å². The van der Waals surface area contributed by atoms with Crippen LogP contribution in [0, 0.1) is 23.7 Å². The van der Waals surface area contributed by atoms with Crippen molar-refractivity contribution in [2.75, 3.05) is 44.7 Å². The largest absolute Gasteiger partial charge is 0.495 e. The Morgan fingerprint density at radius 3 is 2.66 bits per heavy atom. The van der Waals surface area contributed by atoms with Crippen molar-refractivity contribution in [1.29, 1.82) is 0 Å². The first-order valence-corrected chi connectivity index (χ1v) is 12.5. The van der Waals surface area contributed by atoms with Crippen molar-refractivity contribution in [2.45, 2.75) is 56.8 Å². The molecule has 3 aliphatic heterocycles. The molecule has 6 rings (SSSR count). The highest BCUT2D eigenvalue weighted by Gasteiger charge is 2.77. The molecule has 0 bridgehead atoms. The summed E-state index contributed by atoms with van der Waals surface area (Å²) in [6, 6.07) is 8.23. The van der Waals surface area contributed by atoms with Crippen LogP contribution < -0.4 is 9.64 Å². The first-order chi connectivity index (χ1) is 15.5. The van der Waals surface area contributed by atoms with Gasteiger partial charge >= 0.3 is 5.97 Å². The third-order valence-electron chi connectivity index (χ3n) is 9.34. The van der Waals surface area contributed by atoms with Crippen LogP contribution in [0.15, 0.2) is 24.3 Å². The van der Waals surface area contributed by atoms with Crippen LogP contribution in [0.1, 0.15) is 39.5 Å². The normalized spacial score (nSPS) is 43.2. The molecule has 0 aromatic heterocycles. The summed E-state index contributed by atoms with van der Waals surface area (Å²) in [5.41, 5.74) is 0.720. The van der Waals surface area contributed by atoms with Gasteiger partial charge in [0.25, 0.3) is 0 Å². The Balaban J connectivity index is 1.17. The number of hydrogen-bond acceptors (Lipinski definition) is 6. The number of benzene rings is 1. The number of piperazine rings is 1. The number of anilines is 1. The molecule has 0 radical (unpaired) electrons. The van der Waals surface area contributed by atoms with Gasteiger partial charge in [0, 0.05) is 44.6 Å². The second kappa shape index (κ2) is 7.36. The van der Waals surface area contributed by atoms with Gasteiger partial charge in [0.15, 0.2) is 0 Å². The molecular formula is C26H36N2O4. The number of methoxy groups -OCH3 is 1. The minimum atomic E-state index is -0.369. The molecule has 6 heteroatoms. The summed E-state index contributed by atoms with van der Waals surface area (Å²) in [5.74, 6) is 2.30. The van der Waals surface area contributed by atoms with Crippen LogP contribution in [0.4, 0.5) is 5.69 Å². The van der Waals surface area contributed by atoms with E-state index in [0.29, 0.717) is 17.8 Å². The van der Waals surface area contributed by atoms with E-state index in [4.69, 9.17) is 14.2 Å². The van der Waals surface area contributed by atoms with Gasteiger partial charge in [0.05, 0.1) is 24.3 Å². The number of hydrogen-bond donors (Lipinski definition) is 0. The number of carbonyl (C=O) groups excluding carboxylic acids is 1. The maximum absolute atomic E-state index is 13.3. The molecule has 2 aliphatic carbocycles. The number of epoxide rings is 1. The van der Waals surface area contributed by atoms with E-state index in [1.807, 2.05) is 12.1 Å². The monoisotopic (exact) mass is 440 g/mol. The lowest BCUT2D eigenvalue weighted by atomic mass is 9.55. The lowest BCUT2D eigenvalue weighted by Crippen LogP contribution is -2.58. The maximum Gasteiger partial charge on any atom is 0.311 e. The first kappa shape index (κ1) is 20.8. The molecule has 1 spiro atoms. The summed E-state index contributed by atoms with van der Waals surface area (Å²) in [6.45, 7) is 9.19. The fraction of sp³-hybridized carbons (Fsp3) is 0.731. The zero-order valence-electron chi connectivity index (χ0n) is 19.6. The van der Waals surface area contributed by atoms with E-state index in [1.54, 1.807) is 7.11 Å². The maximum atomic E-state index is 13.3. The molecule has 0 N–H and O–H groups in total. The Morgan fingerprint density at radius 2 is 1.88 bits per heavy atom. The van der Waals surface area contributed by atoms with E-state index >= 15 is 0 Å². The van der Waals surface area contributed by atoms with E-state index in [9.17, 15) is 4.79 Å². The van der Waals surface area contributed by atoms with Crippen molar-refractivity contribution in [3.63, 3.8) is 0 Å². The first-order valence-electron chi connectivity index (χ1n) is 12.5. The van der Waals surface area contributed by atoms with Crippen LogP contribution in [-0.2, 0) is 14.3 Å². The summed E-state index contributed by atoms with van der Waals surface area (Å²) >= 11 is 0. The van der Waals surface area contributed by atoms with Crippen LogP contribution in [-0.4, -0.2) is 68.0 Å². The van der Waals surface area contributed by atoms with Gasteiger partial charge in [0.1, 0.15) is 17.5 Å². The van der Waals surface area contributed by atoms with Gasteiger partial charge in [-0.05, 0) is 50.7 Å². The summed E-state index contributed by atoms with van der Waals surface area (Å²) in [4.78, 5) is 18.1.